The molecule has 3 aromatic heterocycles. The van der Waals surface area contributed by atoms with Crippen LogP contribution >= 0.6 is 0 Å². The second kappa shape index (κ2) is 8.09. The summed E-state index contributed by atoms with van der Waals surface area (Å²) in [6.07, 6.45) is 5.05. The van der Waals surface area contributed by atoms with Crippen LogP contribution in [-0.4, -0.2) is 30.2 Å². The van der Waals surface area contributed by atoms with Gasteiger partial charge in [0.2, 0.25) is 0 Å². The number of carbonyl (C=O) groups is 1. The molecule has 2 N–H and O–H groups in total. The number of aliphatic carboxylic acids is 1. The van der Waals surface area contributed by atoms with Gasteiger partial charge in [0.25, 0.3) is 0 Å². The summed E-state index contributed by atoms with van der Waals surface area (Å²) < 4.78 is 3.31. The van der Waals surface area contributed by atoms with Gasteiger partial charge in [-0.05, 0) is 37.1 Å². The van der Waals surface area contributed by atoms with Crippen molar-refractivity contribution < 1.29 is 9.90 Å². The molecule has 3 heterocycles. The summed E-state index contributed by atoms with van der Waals surface area (Å²) in [5.74, 6) is -0.967. The number of pyridine rings is 1. The topological polar surface area (TPSA) is 92.9 Å². The van der Waals surface area contributed by atoms with Crippen LogP contribution in [0, 0.1) is 6.92 Å². The first-order valence-corrected chi connectivity index (χ1v) is 10.9. The molecular formula is C26H24N4O3. The Morgan fingerprint density at radius 2 is 1.85 bits per heavy atom. The van der Waals surface area contributed by atoms with Crippen molar-refractivity contribution in [2.45, 2.75) is 32.4 Å². The van der Waals surface area contributed by atoms with Gasteiger partial charge in [0.05, 0.1) is 35.7 Å². The molecule has 0 aliphatic rings. The lowest BCUT2D eigenvalue weighted by molar-refractivity contribution is -0.137. The van der Waals surface area contributed by atoms with Crippen molar-refractivity contribution in [1.29, 1.82) is 0 Å². The van der Waals surface area contributed by atoms with Crippen LogP contribution in [0.25, 0.3) is 21.9 Å². The molecule has 5 aromatic rings. The highest BCUT2D eigenvalue weighted by molar-refractivity contribution is 5.87. The number of H-pyrrole nitrogens is 1. The van der Waals surface area contributed by atoms with Gasteiger partial charge in [0.1, 0.15) is 0 Å². The Morgan fingerprint density at radius 3 is 2.61 bits per heavy atom. The maximum absolute atomic E-state index is 13.9. The minimum atomic E-state index is -0.967. The molecule has 0 amide bonds. The predicted molar refractivity (Wildman–Crippen MR) is 128 cm³/mol. The Bertz CT molecular complexity index is 1530. The molecule has 166 valence electrons. The molecule has 0 radical (unpaired) electrons. The lowest BCUT2D eigenvalue weighted by Crippen LogP contribution is -2.31. The minimum absolute atomic E-state index is 0.202. The van der Waals surface area contributed by atoms with E-state index in [0.717, 1.165) is 27.6 Å². The third kappa shape index (κ3) is 3.42. The van der Waals surface area contributed by atoms with E-state index in [4.69, 9.17) is 0 Å². The van der Waals surface area contributed by atoms with Gasteiger partial charge < -0.3 is 10.1 Å². The van der Waals surface area contributed by atoms with Crippen LogP contribution in [0.1, 0.15) is 42.1 Å². The number of rotatable bonds is 6. The van der Waals surface area contributed by atoms with Crippen molar-refractivity contribution in [2.75, 3.05) is 0 Å². The largest absolute Gasteiger partial charge is 0.481 e. The number of aryl methyl sites for hydroxylation is 1. The van der Waals surface area contributed by atoms with Gasteiger partial charge in [0, 0.05) is 28.9 Å². The monoisotopic (exact) mass is 440 g/mol. The van der Waals surface area contributed by atoms with Crippen molar-refractivity contribution in [3.63, 3.8) is 0 Å². The summed E-state index contributed by atoms with van der Waals surface area (Å²) in [5, 5.41) is 10.7. The van der Waals surface area contributed by atoms with Crippen LogP contribution < -0.4 is 5.69 Å². The third-order valence-electron chi connectivity index (χ3n) is 6.35. The summed E-state index contributed by atoms with van der Waals surface area (Å²) >= 11 is 0. The molecule has 2 atom stereocenters. The van der Waals surface area contributed by atoms with E-state index < -0.39 is 12.0 Å². The molecular weight excluding hydrogens is 416 g/mol. The number of benzene rings is 2. The van der Waals surface area contributed by atoms with E-state index in [0.29, 0.717) is 11.0 Å². The Hall–Kier alpha value is -4.13. The maximum atomic E-state index is 13.9. The highest BCUT2D eigenvalue weighted by Gasteiger charge is 2.27. The van der Waals surface area contributed by atoms with Gasteiger partial charge in [0.15, 0.2) is 0 Å². The SMILES string of the molecule is Cc1cccc2[nH]cc(C(C)n3c(=O)n([C@H](CC(=O)O)c4ccccc4)c4ccncc43)c12. The van der Waals surface area contributed by atoms with E-state index in [1.54, 1.807) is 27.6 Å². The van der Waals surface area contributed by atoms with Crippen LogP contribution in [0.2, 0.25) is 0 Å². The van der Waals surface area contributed by atoms with Crippen molar-refractivity contribution in [1.82, 2.24) is 19.1 Å². The second-order valence-electron chi connectivity index (χ2n) is 8.33. The van der Waals surface area contributed by atoms with Crippen molar-refractivity contribution >= 4 is 27.9 Å². The zero-order chi connectivity index (χ0) is 23.1. The summed E-state index contributed by atoms with van der Waals surface area (Å²) in [4.78, 5) is 33.3. The quantitative estimate of drug-likeness (QED) is 0.402. The Labute approximate surface area is 189 Å². The fourth-order valence-electron chi connectivity index (χ4n) is 4.83. The van der Waals surface area contributed by atoms with Crippen LogP contribution in [0.15, 0.2) is 78.0 Å². The normalized spacial score (nSPS) is 13.4. The average Bonchev–Trinajstić information content (AvgIpc) is 3.37. The number of imidazole rings is 1. The van der Waals surface area contributed by atoms with Gasteiger partial charge in [-0.2, -0.15) is 0 Å². The van der Waals surface area contributed by atoms with E-state index in [1.807, 2.05) is 55.6 Å². The number of nitrogens with one attached hydrogen (secondary N) is 1. The molecule has 0 saturated heterocycles. The number of hydrogen-bond donors (Lipinski definition) is 2. The maximum Gasteiger partial charge on any atom is 0.330 e. The van der Waals surface area contributed by atoms with E-state index in [1.165, 1.54) is 0 Å². The van der Waals surface area contributed by atoms with E-state index >= 15 is 0 Å². The fraction of sp³-hybridized carbons (Fsp3) is 0.192. The Morgan fingerprint density at radius 1 is 1.06 bits per heavy atom. The molecule has 1 unspecified atom stereocenters. The lowest BCUT2D eigenvalue weighted by atomic mass is 10.0. The number of carboxylic acid groups (broad SMARTS) is 1. The molecule has 0 bridgehead atoms. The summed E-state index contributed by atoms with van der Waals surface area (Å²) in [6, 6.07) is 16.2. The number of carboxylic acids is 1. The van der Waals surface area contributed by atoms with Crippen molar-refractivity contribution in [3.8, 4) is 0 Å². The number of aromatic amines is 1. The molecule has 0 fully saturated rings. The molecule has 5 rings (SSSR count). The summed E-state index contributed by atoms with van der Waals surface area (Å²) in [6.45, 7) is 4.04. The van der Waals surface area contributed by atoms with E-state index in [9.17, 15) is 14.7 Å². The highest BCUT2D eigenvalue weighted by atomic mass is 16.4. The fourth-order valence-corrected chi connectivity index (χ4v) is 4.83. The zero-order valence-corrected chi connectivity index (χ0v) is 18.4. The van der Waals surface area contributed by atoms with Crippen molar-refractivity contribution in [3.05, 3.63) is 100 Å². The van der Waals surface area contributed by atoms with E-state index in [2.05, 4.69) is 23.0 Å². The third-order valence-corrected chi connectivity index (χ3v) is 6.35. The first-order valence-electron chi connectivity index (χ1n) is 10.9. The van der Waals surface area contributed by atoms with Gasteiger partial charge in [-0.25, -0.2) is 4.79 Å². The molecule has 2 aromatic carbocycles. The number of fused-ring (bicyclic) bond motifs is 2. The first kappa shape index (κ1) is 20.8. The van der Waals surface area contributed by atoms with Gasteiger partial charge >= 0.3 is 11.7 Å². The highest BCUT2D eigenvalue weighted by Crippen LogP contribution is 2.32. The molecule has 7 nitrogen and oxygen atoms in total. The van der Waals surface area contributed by atoms with Gasteiger partial charge in [-0.1, -0.05) is 42.5 Å². The summed E-state index contributed by atoms with van der Waals surface area (Å²) in [5.41, 5.74) is 4.98. The Kier molecular flexibility index (Phi) is 5.09. The zero-order valence-electron chi connectivity index (χ0n) is 18.4. The Balaban J connectivity index is 1.76. The number of nitrogens with zero attached hydrogens (tertiary/aromatic N) is 3. The standard InChI is InChI=1S/C26H24N4O3/c1-16-7-6-10-20-25(16)19(14-28-20)17(2)29-23-15-27-12-11-21(23)30(26(29)33)22(13-24(31)32)18-8-4-3-5-9-18/h3-12,14-15,17,22,28H,13H2,1-2H3,(H,31,32)/t17?,22-/m1/s1. The van der Waals surface area contributed by atoms with Crippen LogP contribution in [0.4, 0.5) is 0 Å². The number of aromatic nitrogens is 4. The lowest BCUT2D eigenvalue weighted by Gasteiger charge is -2.18. The van der Waals surface area contributed by atoms with Crippen LogP contribution in [0.3, 0.4) is 0 Å². The van der Waals surface area contributed by atoms with Crippen molar-refractivity contribution in [2.24, 2.45) is 0 Å². The molecule has 0 aliphatic carbocycles. The van der Waals surface area contributed by atoms with Gasteiger partial charge in [-0.3, -0.25) is 18.9 Å². The molecule has 0 spiro atoms. The molecule has 0 aliphatic heterocycles. The second-order valence-corrected chi connectivity index (χ2v) is 8.33. The summed E-state index contributed by atoms with van der Waals surface area (Å²) in [7, 11) is 0. The van der Waals surface area contributed by atoms with Crippen LogP contribution in [0.5, 0.6) is 0 Å². The molecule has 0 saturated carbocycles. The minimum Gasteiger partial charge on any atom is -0.481 e. The predicted octanol–water partition coefficient (Wildman–Crippen LogP) is 4.66. The first-order chi connectivity index (χ1) is 16.0. The molecule has 7 heteroatoms. The number of hydrogen-bond acceptors (Lipinski definition) is 3. The van der Waals surface area contributed by atoms with E-state index in [-0.39, 0.29) is 18.2 Å². The van der Waals surface area contributed by atoms with Gasteiger partial charge in [-0.15, -0.1) is 0 Å². The van der Waals surface area contributed by atoms with Crippen LogP contribution in [-0.2, 0) is 4.79 Å². The molecule has 33 heavy (non-hydrogen) atoms. The smallest absolute Gasteiger partial charge is 0.330 e. The average molecular weight is 441 g/mol.